The van der Waals surface area contributed by atoms with Crippen LogP contribution in [0.4, 0.5) is 11.5 Å². The number of nitrogens with zero attached hydrogens (tertiary/aromatic N) is 3. The maximum atomic E-state index is 12.9. The zero-order valence-electron chi connectivity index (χ0n) is 16.7. The van der Waals surface area contributed by atoms with Crippen molar-refractivity contribution < 1.29 is 14.3 Å². The molecule has 0 saturated carbocycles. The third-order valence-corrected chi connectivity index (χ3v) is 5.21. The number of imidazole rings is 1. The molecule has 1 aliphatic heterocycles. The summed E-state index contributed by atoms with van der Waals surface area (Å²) >= 11 is 0. The van der Waals surface area contributed by atoms with Crippen molar-refractivity contribution in [3.8, 4) is 17.0 Å². The van der Waals surface area contributed by atoms with Gasteiger partial charge in [-0.2, -0.15) is 0 Å². The van der Waals surface area contributed by atoms with Gasteiger partial charge in [-0.25, -0.2) is 4.98 Å². The molecule has 7 nitrogen and oxygen atoms in total. The van der Waals surface area contributed by atoms with Crippen LogP contribution in [-0.4, -0.2) is 34.4 Å². The average Bonchev–Trinajstić information content (AvgIpc) is 3.17. The molecule has 3 heterocycles. The Morgan fingerprint density at radius 1 is 1.00 bits per heavy atom. The van der Waals surface area contributed by atoms with Gasteiger partial charge in [-0.05, 0) is 24.3 Å². The third kappa shape index (κ3) is 3.61. The zero-order chi connectivity index (χ0) is 21.2. The van der Waals surface area contributed by atoms with Crippen LogP contribution in [0.15, 0.2) is 79.0 Å². The molecule has 1 aliphatic rings. The summed E-state index contributed by atoms with van der Waals surface area (Å²) in [5.41, 5.74) is 3.05. The van der Waals surface area contributed by atoms with E-state index in [0.717, 1.165) is 11.2 Å². The van der Waals surface area contributed by atoms with Crippen LogP contribution >= 0.6 is 0 Å². The molecule has 0 saturated heterocycles. The Bertz CT molecular complexity index is 1270. The molecule has 0 unspecified atom stereocenters. The fraction of sp³-hybridized carbons (Fsp3) is 0.125. The number of fused-ring (bicyclic) bond motifs is 2. The molecular weight excluding hydrogens is 392 g/mol. The second-order valence-corrected chi connectivity index (χ2v) is 7.20. The number of hydrogen-bond donors (Lipinski definition) is 1. The molecule has 0 spiro atoms. The van der Waals surface area contributed by atoms with Gasteiger partial charge in [-0.3, -0.25) is 14.0 Å². The number of ether oxygens (including phenoxy) is 1. The Kier molecular flexibility index (Phi) is 4.84. The van der Waals surface area contributed by atoms with Gasteiger partial charge in [-0.1, -0.05) is 48.5 Å². The topological polar surface area (TPSA) is 75.9 Å². The largest absolute Gasteiger partial charge is 0.482 e. The van der Waals surface area contributed by atoms with Crippen LogP contribution in [0.5, 0.6) is 5.75 Å². The third-order valence-electron chi connectivity index (χ3n) is 5.21. The Balaban J connectivity index is 1.39. The SMILES string of the molecule is O=C(CCN1C(=O)COc2ccccc21)Nc1c(-c2ccccc2)nc2ccccn12. The Morgan fingerprint density at radius 3 is 2.65 bits per heavy atom. The molecule has 7 heteroatoms. The number of pyridine rings is 1. The smallest absolute Gasteiger partial charge is 0.265 e. The maximum absolute atomic E-state index is 12.9. The second-order valence-electron chi connectivity index (χ2n) is 7.20. The fourth-order valence-electron chi connectivity index (χ4n) is 3.72. The number of nitrogens with one attached hydrogen (secondary N) is 1. The molecular formula is C24H20N4O3. The Hall–Kier alpha value is -4.13. The number of aromatic nitrogens is 2. The quantitative estimate of drug-likeness (QED) is 0.542. The van der Waals surface area contributed by atoms with Gasteiger partial charge in [-0.15, -0.1) is 0 Å². The first kappa shape index (κ1) is 18.9. The van der Waals surface area contributed by atoms with Crippen molar-refractivity contribution in [2.24, 2.45) is 0 Å². The van der Waals surface area contributed by atoms with Crippen LogP contribution in [-0.2, 0) is 9.59 Å². The van der Waals surface area contributed by atoms with Gasteiger partial charge in [0, 0.05) is 24.7 Å². The first-order valence-electron chi connectivity index (χ1n) is 10.1. The first-order valence-corrected chi connectivity index (χ1v) is 10.1. The molecule has 0 bridgehead atoms. The van der Waals surface area contributed by atoms with E-state index in [0.29, 0.717) is 22.9 Å². The van der Waals surface area contributed by atoms with E-state index in [4.69, 9.17) is 9.72 Å². The van der Waals surface area contributed by atoms with E-state index in [1.165, 1.54) is 0 Å². The van der Waals surface area contributed by atoms with E-state index in [9.17, 15) is 9.59 Å². The van der Waals surface area contributed by atoms with Crippen molar-refractivity contribution in [3.05, 3.63) is 79.0 Å². The highest BCUT2D eigenvalue weighted by molar-refractivity contribution is 5.99. The van der Waals surface area contributed by atoms with Gasteiger partial charge >= 0.3 is 0 Å². The lowest BCUT2D eigenvalue weighted by molar-refractivity contribution is -0.121. The van der Waals surface area contributed by atoms with Gasteiger partial charge in [0.2, 0.25) is 5.91 Å². The van der Waals surface area contributed by atoms with E-state index in [2.05, 4.69) is 5.32 Å². The summed E-state index contributed by atoms with van der Waals surface area (Å²) < 4.78 is 7.32. The van der Waals surface area contributed by atoms with Crippen LogP contribution in [0, 0.1) is 0 Å². The molecule has 4 aromatic rings. The number of amides is 2. The van der Waals surface area contributed by atoms with Gasteiger partial charge in [0.05, 0.1) is 5.69 Å². The second kappa shape index (κ2) is 7.95. The lowest BCUT2D eigenvalue weighted by Gasteiger charge is -2.29. The van der Waals surface area contributed by atoms with Crippen LogP contribution in [0.3, 0.4) is 0 Å². The van der Waals surface area contributed by atoms with Crippen molar-refractivity contribution in [2.45, 2.75) is 6.42 Å². The summed E-state index contributed by atoms with van der Waals surface area (Å²) in [5.74, 6) is 0.905. The summed E-state index contributed by atoms with van der Waals surface area (Å²) in [4.78, 5) is 31.5. The van der Waals surface area contributed by atoms with Crippen LogP contribution in [0.25, 0.3) is 16.9 Å². The summed E-state index contributed by atoms with van der Waals surface area (Å²) in [6, 6.07) is 22.8. The van der Waals surface area contributed by atoms with Crippen molar-refractivity contribution in [1.82, 2.24) is 9.38 Å². The van der Waals surface area contributed by atoms with Crippen molar-refractivity contribution in [3.63, 3.8) is 0 Å². The Labute approximate surface area is 178 Å². The van der Waals surface area contributed by atoms with Gasteiger partial charge in [0.15, 0.2) is 6.61 Å². The summed E-state index contributed by atoms with van der Waals surface area (Å²) in [5, 5.41) is 3.00. The standard InChI is InChI=1S/C24H20N4O3/c29-21(13-15-27-18-10-4-5-11-19(18)31-16-22(27)30)26-24-23(17-8-2-1-3-9-17)25-20-12-6-7-14-28(20)24/h1-12,14H,13,15-16H2,(H,26,29). The number of anilines is 2. The molecule has 2 aromatic carbocycles. The number of benzene rings is 2. The maximum Gasteiger partial charge on any atom is 0.265 e. The number of hydrogen-bond acceptors (Lipinski definition) is 4. The highest BCUT2D eigenvalue weighted by Crippen LogP contribution is 2.32. The van der Waals surface area contributed by atoms with Crippen molar-refractivity contribution in [2.75, 3.05) is 23.4 Å². The highest BCUT2D eigenvalue weighted by Gasteiger charge is 2.26. The molecule has 5 rings (SSSR count). The Morgan fingerprint density at radius 2 is 1.77 bits per heavy atom. The molecule has 31 heavy (non-hydrogen) atoms. The molecule has 154 valence electrons. The lowest BCUT2D eigenvalue weighted by atomic mass is 10.1. The fourth-order valence-corrected chi connectivity index (χ4v) is 3.72. The van der Waals surface area contributed by atoms with Crippen LogP contribution in [0.2, 0.25) is 0 Å². The summed E-state index contributed by atoms with van der Waals surface area (Å²) in [7, 11) is 0. The molecule has 1 N–H and O–H groups in total. The molecule has 2 amide bonds. The van der Waals surface area contributed by atoms with Crippen LogP contribution < -0.4 is 15.0 Å². The molecule has 2 aromatic heterocycles. The summed E-state index contributed by atoms with van der Waals surface area (Å²) in [6.45, 7) is 0.243. The average molecular weight is 412 g/mol. The van der Waals surface area contributed by atoms with E-state index >= 15 is 0 Å². The van der Waals surface area contributed by atoms with Crippen molar-refractivity contribution in [1.29, 1.82) is 0 Å². The zero-order valence-corrected chi connectivity index (χ0v) is 16.7. The molecule has 0 aliphatic carbocycles. The van der Waals surface area contributed by atoms with E-state index in [1.807, 2.05) is 83.4 Å². The molecule has 0 radical (unpaired) electrons. The number of carbonyl (C=O) groups is 2. The highest BCUT2D eigenvalue weighted by atomic mass is 16.5. The predicted molar refractivity (Wildman–Crippen MR) is 118 cm³/mol. The van der Waals surface area contributed by atoms with Gasteiger partial charge in [0.1, 0.15) is 22.9 Å². The number of carbonyl (C=O) groups excluding carboxylic acids is 2. The van der Waals surface area contributed by atoms with E-state index in [-0.39, 0.29) is 31.4 Å². The normalized spacial score (nSPS) is 13.0. The number of para-hydroxylation sites is 2. The number of rotatable bonds is 5. The van der Waals surface area contributed by atoms with Crippen LogP contribution in [0.1, 0.15) is 6.42 Å². The molecule has 0 atom stereocenters. The monoisotopic (exact) mass is 412 g/mol. The minimum atomic E-state index is -0.195. The first-order chi connectivity index (χ1) is 15.2. The van der Waals surface area contributed by atoms with Crippen molar-refractivity contribution >= 4 is 29.0 Å². The van der Waals surface area contributed by atoms with E-state index in [1.54, 1.807) is 4.90 Å². The predicted octanol–water partition coefficient (Wildman–Crippen LogP) is 3.76. The summed E-state index contributed by atoms with van der Waals surface area (Å²) in [6.07, 6.45) is 2.01. The van der Waals surface area contributed by atoms with Gasteiger partial charge < -0.3 is 15.0 Å². The minimum Gasteiger partial charge on any atom is -0.482 e. The molecule has 0 fully saturated rings. The van der Waals surface area contributed by atoms with E-state index < -0.39 is 0 Å². The minimum absolute atomic E-state index is 0.0238. The lowest BCUT2D eigenvalue weighted by Crippen LogP contribution is -2.40. The van der Waals surface area contributed by atoms with Gasteiger partial charge in [0.25, 0.3) is 5.91 Å².